The number of aromatic nitrogens is 2. The van der Waals surface area contributed by atoms with Crippen LogP contribution in [0.25, 0.3) is 0 Å². The molecular weight excluding hydrogens is 550 g/mol. The largest absolute Gasteiger partial charge is 0.394 e. The highest BCUT2D eigenvalue weighted by Gasteiger charge is 2.35. The van der Waals surface area contributed by atoms with E-state index in [0.29, 0.717) is 11.3 Å². The number of hydrogen-bond acceptors (Lipinski definition) is 10. The Kier molecular flexibility index (Phi) is 8.85. The van der Waals surface area contributed by atoms with Crippen LogP contribution < -0.4 is 26.8 Å². The number of nitrogens with one attached hydrogen (secondary N) is 5. The van der Waals surface area contributed by atoms with E-state index < -0.39 is 17.5 Å². The maximum absolute atomic E-state index is 13.2. The third-order valence-corrected chi connectivity index (χ3v) is 7.63. The third kappa shape index (κ3) is 7.08. The monoisotopic (exact) mass is 587 g/mol. The number of piperazine rings is 1. The molecule has 13 heteroatoms. The third-order valence-electron chi connectivity index (χ3n) is 7.63. The van der Waals surface area contributed by atoms with Crippen LogP contribution in [0.15, 0.2) is 54.7 Å². The molecule has 1 unspecified atom stereocenters. The Balaban J connectivity index is 1.35. The molecule has 6 N–H and O–H groups in total. The van der Waals surface area contributed by atoms with Crippen molar-refractivity contribution >= 4 is 35.2 Å². The van der Waals surface area contributed by atoms with Crippen LogP contribution in [0.1, 0.15) is 51.7 Å². The molecule has 226 valence electrons. The smallest absolute Gasteiger partial charge is 0.275 e. The van der Waals surface area contributed by atoms with Crippen molar-refractivity contribution in [2.45, 2.75) is 25.4 Å². The van der Waals surface area contributed by atoms with Crippen LogP contribution in [-0.4, -0.2) is 89.0 Å². The van der Waals surface area contributed by atoms with Crippen LogP contribution in [0.3, 0.4) is 0 Å². The minimum atomic E-state index is -0.616. The molecule has 5 rings (SSSR count). The Labute approximate surface area is 250 Å². The maximum Gasteiger partial charge on any atom is 0.275 e. The lowest BCUT2D eigenvalue weighted by Crippen LogP contribution is -2.51. The van der Waals surface area contributed by atoms with Crippen molar-refractivity contribution in [1.29, 1.82) is 0 Å². The minimum Gasteiger partial charge on any atom is -0.394 e. The molecule has 1 aromatic heterocycles. The predicted octanol–water partition coefficient (Wildman–Crippen LogP) is 1.35. The summed E-state index contributed by atoms with van der Waals surface area (Å²) in [6.07, 6.45) is 1.35. The number of rotatable bonds is 9. The van der Waals surface area contributed by atoms with E-state index in [2.05, 4.69) is 41.7 Å². The molecule has 2 aliphatic heterocycles. The van der Waals surface area contributed by atoms with Crippen molar-refractivity contribution in [3.8, 4) is 0 Å². The standard InChI is InChI=1S/C30H37N9O4/c1-30(2)23-15-20(9-10-21(23)27(42)35-30)32-29-31-16-22(26(34-29)33-24(18-40)19-7-5-4-6-8-19)28(43)37-36-25(41)17-39-13-11-38(3)12-14-39/h4-10,15-16,24,40H,11-14,17-18H2,1-3H3,(H,35,42)(H,36,41)(H,37,43)(H2,31,32,33,34). The Morgan fingerprint density at radius 3 is 2.53 bits per heavy atom. The molecular formula is C30H37N9O4. The van der Waals surface area contributed by atoms with Gasteiger partial charge in [-0.15, -0.1) is 0 Å². The van der Waals surface area contributed by atoms with Crippen molar-refractivity contribution in [1.82, 2.24) is 35.9 Å². The van der Waals surface area contributed by atoms with E-state index in [9.17, 15) is 19.5 Å². The van der Waals surface area contributed by atoms with E-state index in [-0.39, 0.29) is 42.3 Å². The number of carbonyl (C=O) groups is 3. The van der Waals surface area contributed by atoms with Gasteiger partial charge < -0.3 is 26.0 Å². The molecule has 1 atom stereocenters. The fraction of sp³-hybridized carbons (Fsp3) is 0.367. The highest BCUT2D eigenvalue weighted by molar-refractivity contribution is 6.01. The molecule has 2 aliphatic rings. The lowest BCUT2D eigenvalue weighted by Gasteiger charge is -2.31. The number of aliphatic hydroxyl groups excluding tert-OH is 1. The number of fused-ring (bicyclic) bond motifs is 1. The van der Waals surface area contributed by atoms with E-state index in [1.165, 1.54) is 6.20 Å². The van der Waals surface area contributed by atoms with Crippen LogP contribution in [0.4, 0.5) is 17.5 Å². The summed E-state index contributed by atoms with van der Waals surface area (Å²) >= 11 is 0. The zero-order valence-electron chi connectivity index (χ0n) is 24.5. The van der Waals surface area contributed by atoms with Crippen LogP contribution in [0.5, 0.6) is 0 Å². The summed E-state index contributed by atoms with van der Waals surface area (Å²) in [6, 6.07) is 14.1. The van der Waals surface area contributed by atoms with Gasteiger partial charge in [0.05, 0.1) is 24.7 Å². The number of hydrazine groups is 1. The van der Waals surface area contributed by atoms with Crippen LogP contribution >= 0.6 is 0 Å². The molecule has 0 bridgehead atoms. The summed E-state index contributed by atoms with van der Waals surface area (Å²) in [5, 5.41) is 19.4. The fourth-order valence-electron chi connectivity index (χ4n) is 5.13. The van der Waals surface area contributed by atoms with Gasteiger partial charge in [-0.25, -0.2) is 4.98 Å². The van der Waals surface area contributed by atoms with Crippen molar-refractivity contribution in [2.75, 3.05) is 57.0 Å². The second kappa shape index (κ2) is 12.7. The normalized spacial score (nSPS) is 17.0. The first-order chi connectivity index (χ1) is 20.6. The summed E-state index contributed by atoms with van der Waals surface area (Å²) < 4.78 is 0. The summed E-state index contributed by atoms with van der Waals surface area (Å²) in [5.74, 6) is -0.732. The van der Waals surface area contributed by atoms with E-state index in [0.717, 1.165) is 37.3 Å². The molecule has 3 amide bonds. The molecule has 3 aromatic rings. The van der Waals surface area contributed by atoms with Gasteiger partial charge in [-0.2, -0.15) is 4.98 Å². The van der Waals surface area contributed by atoms with Crippen LogP contribution in [-0.2, 0) is 10.3 Å². The SMILES string of the molecule is CN1CCN(CC(=O)NNC(=O)c2cnc(Nc3ccc4c(c3)C(C)(C)NC4=O)nc2NC(CO)c2ccccc2)CC1. The van der Waals surface area contributed by atoms with Gasteiger partial charge in [-0.3, -0.25) is 30.1 Å². The summed E-state index contributed by atoms with van der Waals surface area (Å²) in [4.78, 5) is 51.2. The van der Waals surface area contributed by atoms with Gasteiger partial charge in [0.25, 0.3) is 17.7 Å². The molecule has 3 heterocycles. The number of likely N-dealkylation sites (N-methyl/N-ethyl adjacent to an activating group) is 1. The molecule has 0 spiro atoms. The highest BCUT2D eigenvalue weighted by atomic mass is 16.3. The molecule has 43 heavy (non-hydrogen) atoms. The average Bonchev–Trinajstić information content (AvgIpc) is 3.23. The van der Waals surface area contributed by atoms with E-state index in [1.54, 1.807) is 12.1 Å². The maximum atomic E-state index is 13.2. The van der Waals surface area contributed by atoms with E-state index >= 15 is 0 Å². The lowest BCUT2D eigenvalue weighted by molar-refractivity contribution is -0.123. The van der Waals surface area contributed by atoms with Gasteiger partial charge in [0, 0.05) is 43.6 Å². The van der Waals surface area contributed by atoms with Gasteiger partial charge in [0.2, 0.25) is 5.95 Å². The van der Waals surface area contributed by atoms with Gasteiger partial charge >= 0.3 is 0 Å². The minimum absolute atomic E-state index is 0.0738. The fourth-order valence-corrected chi connectivity index (χ4v) is 5.13. The second-order valence-corrected chi connectivity index (χ2v) is 11.3. The van der Waals surface area contributed by atoms with E-state index in [4.69, 9.17) is 0 Å². The second-order valence-electron chi connectivity index (χ2n) is 11.3. The van der Waals surface area contributed by atoms with Crippen LogP contribution in [0, 0.1) is 0 Å². The molecule has 2 aromatic carbocycles. The molecule has 0 aliphatic carbocycles. The number of amides is 3. The number of carbonyl (C=O) groups excluding carboxylic acids is 3. The van der Waals surface area contributed by atoms with Crippen LogP contribution in [0.2, 0.25) is 0 Å². The quantitative estimate of drug-likeness (QED) is 0.202. The summed E-state index contributed by atoms with van der Waals surface area (Å²) in [5.41, 5.74) is 7.38. The zero-order valence-corrected chi connectivity index (χ0v) is 24.5. The topological polar surface area (TPSA) is 164 Å². The Morgan fingerprint density at radius 2 is 1.81 bits per heavy atom. The Bertz CT molecular complexity index is 1490. The molecule has 1 fully saturated rings. The predicted molar refractivity (Wildman–Crippen MR) is 162 cm³/mol. The lowest BCUT2D eigenvalue weighted by atomic mass is 9.94. The molecule has 13 nitrogen and oxygen atoms in total. The zero-order chi connectivity index (χ0) is 30.6. The van der Waals surface area contributed by atoms with E-state index in [1.807, 2.05) is 62.2 Å². The first-order valence-electron chi connectivity index (χ1n) is 14.2. The van der Waals surface area contributed by atoms with Gasteiger partial charge in [0.1, 0.15) is 11.4 Å². The van der Waals surface area contributed by atoms with Crippen molar-refractivity contribution < 1.29 is 19.5 Å². The highest BCUT2D eigenvalue weighted by Crippen LogP contribution is 2.33. The first-order valence-corrected chi connectivity index (χ1v) is 14.2. The van der Waals surface area contributed by atoms with Gasteiger partial charge in [0.15, 0.2) is 0 Å². The summed E-state index contributed by atoms with van der Waals surface area (Å²) in [7, 11) is 2.04. The van der Waals surface area contributed by atoms with Crippen molar-refractivity contribution in [3.63, 3.8) is 0 Å². The number of benzene rings is 2. The van der Waals surface area contributed by atoms with Crippen molar-refractivity contribution in [2.24, 2.45) is 0 Å². The number of anilines is 3. The Hall–Kier alpha value is -4.59. The number of nitrogens with zero attached hydrogens (tertiary/aromatic N) is 4. The first kappa shape index (κ1) is 29.9. The number of aliphatic hydroxyl groups is 1. The molecule has 1 saturated heterocycles. The summed E-state index contributed by atoms with van der Waals surface area (Å²) in [6.45, 7) is 7.04. The molecule has 0 radical (unpaired) electrons. The van der Waals surface area contributed by atoms with Gasteiger partial charge in [-0.05, 0) is 50.2 Å². The average molecular weight is 588 g/mol. The number of hydrogen-bond donors (Lipinski definition) is 6. The molecule has 0 saturated carbocycles. The van der Waals surface area contributed by atoms with Gasteiger partial charge in [-0.1, -0.05) is 30.3 Å². The van der Waals surface area contributed by atoms with Crippen molar-refractivity contribution in [3.05, 3.63) is 77.0 Å². The Morgan fingerprint density at radius 1 is 1.07 bits per heavy atom.